The molecule has 4 heteroatoms. The molecule has 0 amide bonds. The molecule has 1 atom stereocenters. The Morgan fingerprint density at radius 2 is 1.88 bits per heavy atom. The van der Waals surface area contributed by atoms with Crippen molar-refractivity contribution in [2.75, 3.05) is 6.54 Å². The molecule has 1 unspecified atom stereocenters. The van der Waals surface area contributed by atoms with Crippen LogP contribution < -0.4 is 10.1 Å². The number of benzene rings is 2. The van der Waals surface area contributed by atoms with Gasteiger partial charge in [-0.25, -0.2) is 4.39 Å². The molecule has 1 aromatic heterocycles. The first kappa shape index (κ1) is 15.8. The van der Waals surface area contributed by atoms with Crippen LogP contribution in [-0.2, 0) is 13.0 Å². The van der Waals surface area contributed by atoms with Gasteiger partial charge < -0.3 is 10.1 Å². The monoisotopic (exact) mass is 334 g/mol. The van der Waals surface area contributed by atoms with Crippen LogP contribution >= 0.6 is 0 Å². The molecule has 0 aliphatic carbocycles. The minimum Gasteiger partial charge on any atom is -0.488 e. The highest BCUT2D eigenvalue weighted by molar-refractivity contribution is 5.62. The smallest absolute Gasteiger partial charge is 0.123 e. The predicted octanol–water partition coefficient (Wildman–Crippen LogP) is 3.98. The Kier molecular flexibility index (Phi) is 4.44. The fourth-order valence-electron chi connectivity index (χ4n) is 3.13. The van der Waals surface area contributed by atoms with E-state index in [0.717, 1.165) is 42.0 Å². The Bertz CT molecular complexity index is 839. The number of halogens is 1. The zero-order valence-electron chi connectivity index (χ0n) is 13.8. The summed E-state index contributed by atoms with van der Waals surface area (Å²) in [4.78, 5) is 4.30. The molecule has 126 valence electrons. The minimum atomic E-state index is -0.230. The molecule has 0 spiro atoms. The number of nitrogens with zero attached hydrogens (tertiary/aromatic N) is 1. The minimum absolute atomic E-state index is 0.172. The van der Waals surface area contributed by atoms with E-state index < -0.39 is 0 Å². The molecule has 0 saturated heterocycles. The van der Waals surface area contributed by atoms with Crippen LogP contribution in [0.2, 0.25) is 0 Å². The molecule has 0 radical (unpaired) electrons. The number of para-hydroxylation sites is 1. The lowest BCUT2D eigenvalue weighted by Crippen LogP contribution is -2.29. The lowest BCUT2D eigenvalue weighted by Gasteiger charge is -2.12. The van der Waals surface area contributed by atoms with E-state index in [1.54, 1.807) is 18.3 Å². The molecular formula is C21H19FN2O. The van der Waals surface area contributed by atoms with Crippen LogP contribution in [0.5, 0.6) is 5.75 Å². The van der Waals surface area contributed by atoms with Crippen LogP contribution in [-0.4, -0.2) is 17.6 Å². The molecule has 1 aliphatic rings. The fourth-order valence-corrected chi connectivity index (χ4v) is 3.13. The van der Waals surface area contributed by atoms with Gasteiger partial charge in [-0.1, -0.05) is 30.3 Å². The second-order valence-electron chi connectivity index (χ2n) is 6.27. The first-order valence-electron chi connectivity index (χ1n) is 8.43. The molecule has 3 aromatic rings. The van der Waals surface area contributed by atoms with E-state index in [4.69, 9.17) is 4.74 Å². The number of ether oxygens (including phenoxy) is 1. The second-order valence-corrected chi connectivity index (χ2v) is 6.27. The Hall–Kier alpha value is -2.72. The summed E-state index contributed by atoms with van der Waals surface area (Å²) < 4.78 is 19.0. The van der Waals surface area contributed by atoms with Crippen molar-refractivity contribution in [3.05, 3.63) is 83.9 Å². The molecule has 1 N–H and O–H groups in total. The highest BCUT2D eigenvalue weighted by Crippen LogP contribution is 2.27. The van der Waals surface area contributed by atoms with E-state index in [1.165, 1.54) is 17.7 Å². The van der Waals surface area contributed by atoms with Gasteiger partial charge in [0.15, 0.2) is 0 Å². The van der Waals surface area contributed by atoms with Crippen molar-refractivity contribution in [3.63, 3.8) is 0 Å². The van der Waals surface area contributed by atoms with Crippen LogP contribution in [0.25, 0.3) is 11.1 Å². The molecule has 1 aliphatic heterocycles. The maximum absolute atomic E-state index is 13.1. The molecule has 4 rings (SSSR count). The largest absolute Gasteiger partial charge is 0.488 e. The predicted molar refractivity (Wildman–Crippen MR) is 95.9 cm³/mol. The van der Waals surface area contributed by atoms with Gasteiger partial charge in [0.25, 0.3) is 0 Å². The summed E-state index contributed by atoms with van der Waals surface area (Å²) >= 11 is 0. The first-order chi connectivity index (χ1) is 12.3. The van der Waals surface area contributed by atoms with Gasteiger partial charge in [-0.05, 0) is 41.0 Å². The fraction of sp³-hybridized carbons (Fsp3) is 0.190. The van der Waals surface area contributed by atoms with Gasteiger partial charge in [0.1, 0.15) is 17.7 Å². The zero-order chi connectivity index (χ0) is 17.1. The van der Waals surface area contributed by atoms with Gasteiger partial charge in [0.2, 0.25) is 0 Å². The number of pyridine rings is 1. The Morgan fingerprint density at radius 3 is 2.72 bits per heavy atom. The maximum Gasteiger partial charge on any atom is 0.123 e. The zero-order valence-corrected chi connectivity index (χ0v) is 13.8. The molecule has 0 saturated carbocycles. The number of fused-ring (bicyclic) bond motifs is 1. The SMILES string of the molecule is Fc1ccc(-c2cncc(CNCC3Cc4ccccc4O3)c2)cc1. The summed E-state index contributed by atoms with van der Waals surface area (Å²) in [5.41, 5.74) is 4.32. The average Bonchev–Trinajstić information content (AvgIpc) is 3.05. The molecular weight excluding hydrogens is 315 g/mol. The molecule has 0 fully saturated rings. The van der Waals surface area contributed by atoms with Crippen molar-refractivity contribution in [1.82, 2.24) is 10.3 Å². The normalized spacial score (nSPS) is 15.6. The molecule has 0 bridgehead atoms. The highest BCUT2D eigenvalue weighted by atomic mass is 19.1. The molecule has 25 heavy (non-hydrogen) atoms. The van der Waals surface area contributed by atoms with E-state index in [2.05, 4.69) is 22.4 Å². The lowest BCUT2D eigenvalue weighted by molar-refractivity contribution is 0.227. The third-order valence-corrected chi connectivity index (χ3v) is 4.39. The molecule has 3 nitrogen and oxygen atoms in total. The van der Waals surface area contributed by atoms with Crippen LogP contribution in [0.3, 0.4) is 0 Å². The Balaban J connectivity index is 1.35. The number of hydrogen-bond donors (Lipinski definition) is 1. The van der Waals surface area contributed by atoms with Crippen molar-refractivity contribution in [2.24, 2.45) is 0 Å². The van der Waals surface area contributed by atoms with E-state index in [-0.39, 0.29) is 11.9 Å². The van der Waals surface area contributed by atoms with Crippen molar-refractivity contribution >= 4 is 0 Å². The lowest BCUT2D eigenvalue weighted by atomic mass is 10.1. The third kappa shape index (κ3) is 3.69. The summed E-state index contributed by atoms with van der Waals surface area (Å²) in [6, 6.07) is 16.7. The van der Waals surface area contributed by atoms with E-state index >= 15 is 0 Å². The number of aromatic nitrogens is 1. The van der Waals surface area contributed by atoms with Crippen molar-refractivity contribution in [1.29, 1.82) is 0 Å². The molecule has 2 heterocycles. The van der Waals surface area contributed by atoms with Gasteiger partial charge in [0, 0.05) is 37.5 Å². The summed E-state index contributed by atoms with van der Waals surface area (Å²) in [6.45, 7) is 1.51. The van der Waals surface area contributed by atoms with Gasteiger partial charge in [-0.3, -0.25) is 4.98 Å². The maximum atomic E-state index is 13.1. The number of hydrogen-bond acceptors (Lipinski definition) is 3. The van der Waals surface area contributed by atoms with Crippen LogP contribution in [0.1, 0.15) is 11.1 Å². The van der Waals surface area contributed by atoms with Crippen LogP contribution in [0.4, 0.5) is 4.39 Å². The first-order valence-corrected chi connectivity index (χ1v) is 8.43. The van der Waals surface area contributed by atoms with E-state index in [1.807, 2.05) is 24.4 Å². The van der Waals surface area contributed by atoms with Crippen LogP contribution in [0, 0.1) is 5.82 Å². The van der Waals surface area contributed by atoms with E-state index in [9.17, 15) is 4.39 Å². The average molecular weight is 334 g/mol. The van der Waals surface area contributed by atoms with Gasteiger partial charge >= 0.3 is 0 Å². The standard InChI is InChI=1S/C21H19FN2O/c22-19-7-5-16(6-8-19)18-9-15(11-23-13-18)12-24-14-20-10-17-3-1-2-4-21(17)25-20/h1-9,11,13,20,24H,10,12,14H2. The Labute approximate surface area is 146 Å². The highest BCUT2D eigenvalue weighted by Gasteiger charge is 2.21. The number of rotatable bonds is 5. The summed E-state index contributed by atoms with van der Waals surface area (Å²) in [5, 5.41) is 3.44. The second kappa shape index (κ2) is 7.03. The van der Waals surface area contributed by atoms with Crippen molar-refractivity contribution < 1.29 is 9.13 Å². The summed E-state index contributed by atoms with van der Waals surface area (Å²) in [7, 11) is 0. The quantitative estimate of drug-likeness (QED) is 0.766. The topological polar surface area (TPSA) is 34.2 Å². The van der Waals surface area contributed by atoms with Crippen LogP contribution in [0.15, 0.2) is 67.0 Å². The molecule has 2 aromatic carbocycles. The number of nitrogens with one attached hydrogen (secondary N) is 1. The van der Waals surface area contributed by atoms with E-state index in [0.29, 0.717) is 0 Å². The van der Waals surface area contributed by atoms with Crippen molar-refractivity contribution in [2.45, 2.75) is 19.1 Å². The Morgan fingerprint density at radius 1 is 1.04 bits per heavy atom. The van der Waals surface area contributed by atoms with Gasteiger partial charge in [-0.2, -0.15) is 0 Å². The third-order valence-electron chi connectivity index (χ3n) is 4.39. The van der Waals surface area contributed by atoms with Gasteiger partial charge in [-0.15, -0.1) is 0 Å². The van der Waals surface area contributed by atoms with Gasteiger partial charge in [0.05, 0.1) is 0 Å². The summed E-state index contributed by atoms with van der Waals surface area (Å²) in [6.07, 6.45) is 4.76. The van der Waals surface area contributed by atoms with Crippen molar-refractivity contribution in [3.8, 4) is 16.9 Å². The summed E-state index contributed by atoms with van der Waals surface area (Å²) in [5.74, 6) is 0.765.